The molecule has 1 aromatic carbocycles. The first-order valence-electron chi connectivity index (χ1n) is 5.61. The monoisotopic (exact) mass is 223 g/mol. The van der Waals surface area contributed by atoms with Gasteiger partial charge in [-0.15, -0.1) is 0 Å². The molecule has 1 saturated carbocycles. The Bertz CT molecular complexity index is 411. The second-order valence-electron chi connectivity index (χ2n) is 4.75. The van der Waals surface area contributed by atoms with Crippen LogP contribution in [-0.4, -0.2) is 13.2 Å². The predicted octanol–water partition coefficient (Wildman–Crippen LogP) is 2.52. The lowest BCUT2D eigenvalue weighted by molar-refractivity contribution is 0.383. The summed E-state index contributed by atoms with van der Waals surface area (Å²) >= 11 is 0. The third-order valence-corrected chi connectivity index (χ3v) is 3.68. The minimum atomic E-state index is -0.272. The van der Waals surface area contributed by atoms with Gasteiger partial charge >= 0.3 is 0 Å². The average Bonchev–Trinajstić information content (AvgIpc) is 3.02. The first-order chi connectivity index (χ1) is 7.51. The van der Waals surface area contributed by atoms with E-state index in [-0.39, 0.29) is 17.3 Å². The third-order valence-electron chi connectivity index (χ3n) is 3.68. The third kappa shape index (κ3) is 1.59. The smallest absolute Gasteiger partial charge is 0.167 e. The van der Waals surface area contributed by atoms with Gasteiger partial charge in [0.25, 0.3) is 0 Å². The van der Waals surface area contributed by atoms with Crippen LogP contribution in [0.3, 0.4) is 0 Å². The molecule has 0 bridgehead atoms. The highest BCUT2D eigenvalue weighted by molar-refractivity contribution is 5.43. The van der Waals surface area contributed by atoms with E-state index in [1.807, 2.05) is 13.0 Å². The lowest BCUT2D eigenvalue weighted by Crippen LogP contribution is -2.31. The zero-order valence-electron chi connectivity index (χ0n) is 10.0. The van der Waals surface area contributed by atoms with E-state index >= 15 is 0 Å². The molecule has 1 unspecified atom stereocenters. The second kappa shape index (κ2) is 3.74. The Kier molecular flexibility index (Phi) is 2.66. The van der Waals surface area contributed by atoms with Gasteiger partial charge in [0, 0.05) is 11.5 Å². The fourth-order valence-corrected chi connectivity index (χ4v) is 2.31. The van der Waals surface area contributed by atoms with Crippen molar-refractivity contribution in [3.63, 3.8) is 0 Å². The number of rotatable bonds is 3. The van der Waals surface area contributed by atoms with Gasteiger partial charge in [0.15, 0.2) is 11.6 Å². The van der Waals surface area contributed by atoms with Crippen molar-refractivity contribution in [2.45, 2.75) is 38.1 Å². The molecular weight excluding hydrogens is 205 g/mol. The van der Waals surface area contributed by atoms with Crippen molar-refractivity contribution in [1.29, 1.82) is 0 Å². The standard InChI is InChI=1S/C13H18FNO/c1-8-6-10(7-11(16-3)12(8)14)13(4-5-13)9(2)15/h6-7,9H,4-5,15H2,1-3H3. The predicted molar refractivity (Wildman–Crippen MR) is 62.3 cm³/mol. The highest BCUT2D eigenvalue weighted by atomic mass is 19.1. The van der Waals surface area contributed by atoms with Gasteiger partial charge < -0.3 is 10.5 Å². The molecule has 0 aliphatic heterocycles. The van der Waals surface area contributed by atoms with Crippen molar-refractivity contribution < 1.29 is 9.13 Å². The van der Waals surface area contributed by atoms with E-state index in [9.17, 15) is 4.39 Å². The number of ether oxygens (including phenoxy) is 1. The molecule has 2 rings (SSSR count). The molecule has 1 atom stereocenters. The Labute approximate surface area is 95.6 Å². The number of nitrogens with two attached hydrogens (primary N) is 1. The van der Waals surface area contributed by atoms with Crippen LogP contribution in [0.25, 0.3) is 0 Å². The summed E-state index contributed by atoms with van der Waals surface area (Å²) in [6.45, 7) is 3.77. The maximum absolute atomic E-state index is 13.6. The van der Waals surface area contributed by atoms with Crippen LogP contribution >= 0.6 is 0 Å². The normalized spacial score (nSPS) is 19.3. The van der Waals surface area contributed by atoms with Gasteiger partial charge in [-0.25, -0.2) is 4.39 Å². The largest absolute Gasteiger partial charge is 0.494 e. The quantitative estimate of drug-likeness (QED) is 0.854. The molecule has 1 aromatic rings. The van der Waals surface area contributed by atoms with Crippen molar-refractivity contribution in [1.82, 2.24) is 0 Å². The van der Waals surface area contributed by atoms with E-state index in [1.165, 1.54) is 7.11 Å². The van der Waals surface area contributed by atoms with Gasteiger partial charge in [-0.1, -0.05) is 6.07 Å². The number of benzene rings is 1. The summed E-state index contributed by atoms with van der Waals surface area (Å²) in [6, 6.07) is 3.79. The van der Waals surface area contributed by atoms with E-state index in [1.54, 1.807) is 13.0 Å². The maximum Gasteiger partial charge on any atom is 0.167 e. The molecule has 1 fully saturated rings. The van der Waals surface area contributed by atoms with Gasteiger partial charge in [0.05, 0.1) is 7.11 Å². The van der Waals surface area contributed by atoms with E-state index in [0.717, 1.165) is 18.4 Å². The summed E-state index contributed by atoms with van der Waals surface area (Å²) in [7, 11) is 1.49. The van der Waals surface area contributed by atoms with Gasteiger partial charge in [-0.2, -0.15) is 0 Å². The molecule has 0 radical (unpaired) electrons. The van der Waals surface area contributed by atoms with Gasteiger partial charge in [0.1, 0.15) is 0 Å². The molecule has 88 valence electrons. The zero-order chi connectivity index (χ0) is 11.9. The van der Waals surface area contributed by atoms with Gasteiger partial charge in [-0.3, -0.25) is 0 Å². The van der Waals surface area contributed by atoms with Crippen molar-refractivity contribution in [2.75, 3.05) is 7.11 Å². The Morgan fingerprint density at radius 3 is 2.50 bits per heavy atom. The van der Waals surface area contributed by atoms with Crippen LogP contribution in [0.15, 0.2) is 12.1 Å². The van der Waals surface area contributed by atoms with E-state index in [4.69, 9.17) is 10.5 Å². The molecule has 0 spiro atoms. The lowest BCUT2D eigenvalue weighted by Gasteiger charge is -2.21. The Balaban J connectivity index is 2.47. The molecule has 2 N–H and O–H groups in total. The Morgan fingerprint density at radius 1 is 1.44 bits per heavy atom. The van der Waals surface area contributed by atoms with E-state index < -0.39 is 0 Å². The maximum atomic E-state index is 13.6. The fourth-order valence-electron chi connectivity index (χ4n) is 2.31. The molecule has 0 amide bonds. The van der Waals surface area contributed by atoms with Crippen LogP contribution in [0, 0.1) is 12.7 Å². The SMILES string of the molecule is COc1cc(C2(C(C)N)CC2)cc(C)c1F. The molecule has 16 heavy (non-hydrogen) atoms. The summed E-state index contributed by atoms with van der Waals surface area (Å²) in [5.74, 6) is 0.0497. The molecule has 2 nitrogen and oxygen atoms in total. The molecule has 0 aromatic heterocycles. The first-order valence-corrected chi connectivity index (χ1v) is 5.61. The topological polar surface area (TPSA) is 35.2 Å². The first kappa shape index (κ1) is 11.4. The average molecular weight is 223 g/mol. The Hall–Kier alpha value is -1.09. The highest BCUT2D eigenvalue weighted by Gasteiger charge is 2.47. The summed E-state index contributed by atoms with van der Waals surface area (Å²) < 4.78 is 18.7. The number of hydrogen-bond acceptors (Lipinski definition) is 2. The second-order valence-corrected chi connectivity index (χ2v) is 4.75. The van der Waals surface area contributed by atoms with Gasteiger partial charge in [-0.05, 0) is 43.9 Å². The van der Waals surface area contributed by atoms with Crippen molar-refractivity contribution in [3.8, 4) is 5.75 Å². The van der Waals surface area contributed by atoms with Crippen LogP contribution < -0.4 is 10.5 Å². The van der Waals surface area contributed by atoms with Crippen LogP contribution in [0.1, 0.15) is 30.9 Å². The van der Waals surface area contributed by atoms with Crippen molar-refractivity contribution in [2.24, 2.45) is 5.73 Å². The number of aryl methyl sites for hydroxylation is 1. The highest BCUT2D eigenvalue weighted by Crippen LogP contribution is 2.51. The molecule has 1 aliphatic rings. The van der Waals surface area contributed by atoms with Crippen LogP contribution in [0.4, 0.5) is 4.39 Å². The van der Waals surface area contributed by atoms with E-state index in [0.29, 0.717) is 11.3 Å². The minimum Gasteiger partial charge on any atom is -0.494 e. The molecule has 0 saturated heterocycles. The van der Waals surface area contributed by atoms with Gasteiger partial charge in [0.2, 0.25) is 0 Å². The summed E-state index contributed by atoms with van der Waals surface area (Å²) in [5, 5.41) is 0. The van der Waals surface area contributed by atoms with Crippen LogP contribution in [0.2, 0.25) is 0 Å². The van der Waals surface area contributed by atoms with Crippen molar-refractivity contribution in [3.05, 3.63) is 29.1 Å². The zero-order valence-corrected chi connectivity index (χ0v) is 10.0. The molecular formula is C13H18FNO. The Morgan fingerprint density at radius 2 is 2.06 bits per heavy atom. The van der Waals surface area contributed by atoms with Crippen LogP contribution in [0.5, 0.6) is 5.75 Å². The van der Waals surface area contributed by atoms with Crippen molar-refractivity contribution >= 4 is 0 Å². The molecule has 0 heterocycles. The van der Waals surface area contributed by atoms with Crippen LogP contribution in [-0.2, 0) is 5.41 Å². The number of hydrogen-bond donors (Lipinski definition) is 1. The number of halogens is 1. The molecule has 1 aliphatic carbocycles. The minimum absolute atomic E-state index is 0.0474. The van der Waals surface area contributed by atoms with E-state index in [2.05, 4.69) is 0 Å². The summed E-state index contributed by atoms with van der Waals surface area (Å²) in [5.41, 5.74) is 7.79. The summed E-state index contributed by atoms with van der Waals surface area (Å²) in [4.78, 5) is 0. The fraction of sp³-hybridized carbons (Fsp3) is 0.538. The molecule has 3 heteroatoms. The number of methoxy groups -OCH3 is 1. The lowest BCUT2D eigenvalue weighted by atomic mass is 9.88. The summed E-state index contributed by atoms with van der Waals surface area (Å²) in [6.07, 6.45) is 2.16.